The predicted octanol–water partition coefficient (Wildman–Crippen LogP) is 2.78. The van der Waals surface area contributed by atoms with Crippen LogP contribution in [0.25, 0.3) is 10.8 Å². The molecule has 0 radical (unpaired) electrons. The zero-order valence-electron chi connectivity index (χ0n) is 9.86. The molecule has 0 bridgehead atoms. The topological polar surface area (TPSA) is 46.5 Å². The van der Waals surface area contributed by atoms with Crippen molar-refractivity contribution in [2.45, 2.75) is 13.3 Å². The van der Waals surface area contributed by atoms with E-state index in [0.29, 0.717) is 0 Å². The first-order chi connectivity index (χ1) is 8.11. The third-order valence-corrected chi connectivity index (χ3v) is 2.90. The van der Waals surface area contributed by atoms with Crippen molar-refractivity contribution in [2.24, 2.45) is 0 Å². The highest BCUT2D eigenvalue weighted by Gasteiger charge is 2.09. The zero-order valence-corrected chi connectivity index (χ0v) is 9.86. The Morgan fingerprint density at radius 3 is 2.65 bits per heavy atom. The normalized spacial score (nSPS) is 10.5. The summed E-state index contributed by atoms with van der Waals surface area (Å²) in [5.41, 5.74) is 1.85. The Morgan fingerprint density at radius 1 is 1.29 bits per heavy atom. The van der Waals surface area contributed by atoms with E-state index in [2.05, 4.69) is 0 Å². The minimum absolute atomic E-state index is 0.0380. The van der Waals surface area contributed by atoms with Crippen LogP contribution in [0, 0.1) is 6.92 Å². The number of ether oxygens (including phenoxy) is 1. The standard InChI is InChI=1S/C14H14O3/c1-9-3-4-10-5-6-11(17-2)7-13(10)12(9)8-14(15)16/h3-7H,8H2,1-2H3,(H,15,16). The van der Waals surface area contributed by atoms with E-state index in [9.17, 15) is 4.79 Å². The number of carbonyl (C=O) groups is 1. The first-order valence-corrected chi connectivity index (χ1v) is 5.40. The van der Waals surface area contributed by atoms with Gasteiger partial charge in [0.15, 0.2) is 0 Å². The van der Waals surface area contributed by atoms with Gasteiger partial charge in [-0.2, -0.15) is 0 Å². The van der Waals surface area contributed by atoms with Crippen LogP contribution < -0.4 is 4.74 Å². The smallest absolute Gasteiger partial charge is 0.307 e. The van der Waals surface area contributed by atoms with Gasteiger partial charge in [-0.3, -0.25) is 4.79 Å². The molecule has 0 saturated carbocycles. The monoisotopic (exact) mass is 230 g/mol. The van der Waals surface area contributed by atoms with E-state index in [-0.39, 0.29) is 6.42 Å². The van der Waals surface area contributed by atoms with Gasteiger partial charge in [-0.15, -0.1) is 0 Å². The largest absolute Gasteiger partial charge is 0.497 e. The fourth-order valence-electron chi connectivity index (χ4n) is 1.98. The molecule has 2 aromatic carbocycles. The highest BCUT2D eigenvalue weighted by Crippen LogP contribution is 2.26. The lowest BCUT2D eigenvalue weighted by molar-refractivity contribution is -0.136. The van der Waals surface area contributed by atoms with Gasteiger partial charge in [0, 0.05) is 0 Å². The van der Waals surface area contributed by atoms with E-state index >= 15 is 0 Å². The van der Waals surface area contributed by atoms with Crippen molar-refractivity contribution in [2.75, 3.05) is 7.11 Å². The summed E-state index contributed by atoms with van der Waals surface area (Å²) in [6, 6.07) is 9.66. The molecule has 3 nitrogen and oxygen atoms in total. The maximum Gasteiger partial charge on any atom is 0.307 e. The van der Waals surface area contributed by atoms with Crippen molar-refractivity contribution >= 4 is 16.7 Å². The zero-order chi connectivity index (χ0) is 12.4. The fourth-order valence-corrected chi connectivity index (χ4v) is 1.98. The summed E-state index contributed by atoms with van der Waals surface area (Å²) < 4.78 is 5.17. The van der Waals surface area contributed by atoms with Gasteiger partial charge in [-0.1, -0.05) is 18.2 Å². The lowest BCUT2D eigenvalue weighted by Crippen LogP contribution is -2.03. The van der Waals surface area contributed by atoms with Crippen molar-refractivity contribution in [3.63, 3.8) is 0 Å². The van der Waals surface area contributed by atoms with Crippen molar-refractivity contribution in [3.8, 4) is 5.75 Å². The molecular weight excluding hydrogens is 216 g/mol. The minimum atomic E-state index is -0.816. The lowest BCUT2D eigenvalue weighted by Gasteiger charge is -2.09. The quantitative estimate of drug-likeness (QED) is 0.881. The van der Waals surface area contributed by atoms with Crippen LogP contribution in [0.4, 0.5) is 0 Å². The molecule has 0 fully saturated rings. The van der Waals surface area contributed by atoms with Gasteiger partial charge in [-0.05, 0) is 41.0 Å². The van der Waals surface area contributed by atoms with E-state index in [1.807, 2.05) is 37.3 Å². The molecular formula is C14H14O3. The number of hydrogen-bond donors (Lipinski definition) is 1. The Labute approximate surface area is 99.6 Å². The average molecular weight is 230 g/mol. The first-order valence-electron chi connectivity index (χ1n) is 5.40. The fraction of sp³-hybridized carbons (Fsp3) is 0.214. The Bertz CT molecular complexity index is 573. The van der Waals surface area contributed by atoms with E-state index in [0.717, 1.165) is 27.6 Å². The van der Waals surface area contributed by atoms with Gasteiger partial charge in [0.25, 0.3) is 0 Å². The van der Waals surface area contributed by atoms with Crippen molar-refractivity contribution in [3.05, 3.63) is 41.5 Å². The maximum atomic E-state index is 10.9. The van der Waals surface area contributed by atoms with E-state index in [4.69, 9.17) is 9.84 Å². The number of benzene rings is 2. The molecule has 1 N–H and O–H groups in total. The number of carboxylic acid groups (broad SMARTS) is 1. The Balaban J connectivity index is 2.68. The second-order valence-electron chi connectivity index (χ2n) is 4.02. The number of carboxylic acids is 1. The van der Waals surface area contributed by atoms with Gasteiger partial charge in [0.1, 0.15) is 5.75 Å². The second-order valence-corrected chi connectivity index (χ2v) is 4.02. The van der Waals surface area contributed by atoms with Crippen molar-refractivity contribution in [1.29, 1.82) is 0 Å². The summed E-state index contributed by atoms with van der Waals surface area (Å²) >= 11 is 0. The molecule has 0 aromatic heterocycles. The van der Waals surface area contributed by atoms with Crippen LogP contribution in [0.5, 0.6) is 5.75 Å². The van der Waals surface area contributed by atoms with Gasteiger partial charge in [0.2, 0.25) is 0 Å². The van der Waals surface area contributed by atoms with Crippen LogP contribution in [0.2, 0.25) is 0 Å². The molecule has 0 aliphatic rings. The Hall–Kier alpha value is -2.03. The number of methoxy groups -OCH3 is 1. The molecule has 0 aliphatic carbocycles. The number of aryl methyl sites for hydroxylation is 1. The van der Waals surface area contributed by atoms with Crippen LogP contribution in [0.15, 0.2) is 30.3 Å². The lowest BCUT2D eigenvalue weighted by atomic mass is 9.97. The molecule has 0 heterocycles. The summed E-state index contributed by atoms with van der Waals surface area (Å²) in [6.45, 7) is 1.93. The average Bonchev–Trinajstić information content (AvgIpc) is 2.32. The van der Waals surface area contributed by atoms with E-state index in [1.165, 1.54) is 0 Å². The van der Waals surface area contributed by atoms with Crippen LogP contribution in [-0.4, -0.2) is 18.2 Å². The summed E-state index contributed by atoms with van der Waals surface area (Å²) in [6.07, 6.45) is 0.0380. The Kier molecular flexibility index (Phi) is 3.00. The van der Waals surface area contributed by atoms with Gasteiger partial charge >= 0.3 is 5.97 Å². The predicted molar refractivity (Wildman–Crippen MR) is 66.6 cm³/mol. The summed E-state index contributed by atoms with van der Waals surface area (Å²) in [5.74, 6) is -0.0711. The summed E-state index contributed by atoms with van der Waals surface area (Å²) in [7, 11) is 1.60. The minimum Gasteiger partial charge on any atom is -0.497 e. The van der Waals surface area contributed by atoms with Gasteiger partial charge in [-0.25, -0.2) is 0 Å². The number of hydrogen-bond acceptors (Lipinski definition) is 2. The highest BCUT2D eigenvalue weighted by molar-refractivity contribution is 5.90. The van der Waals surface area contributed by atoms with Gasteiger partial charge in [0.05, 0.1) is 13.5 Å². The van der Waals surface area contributed by atoms with Crippen molar-refractivity contribution < 1.29 is 14.6 Å². The summed E-state index contributed by atoms with van der Waals surface area (Å²) in [5, 5.41) is 10.9. The molecule has 17 heavy (non-hydrogen) atoms. The molecule has 0 unspecified atom stereocenters. The molecule has 88 valence electrons. The molecule has 0 atom stereocenters. The van der Waals surface area contributed by atoms with E-state index < -0.39 is 5.97 Å². The maximum absolute atomic E-state index is 10.9. The number of aliphatic carboxylic acids is 1. The first kappa shape index (κ1) is 11.5. The van der Waals surface area contributed by atoms with Crippen LogP contribution >= 0.6 is 0 Å². The van der Waals surface area contributed by atoms with Crippen molar-refractivity contribution in [1.82, 2.24) is 0 Å². The van der Waals surface area contributed by atoms with Crippen LogP contribution in [0.1, 0.15) is 11.1 Å². The second kappa shape index (κ2) is 4.45. The van der Waals surface area contributed by atoms with E-state index in [1.54, 1.807) is 7.11 Å². The molecule has 2 rings (SSSR count). The number of rotatable bonds is 3. The molecule has 0 aliphatic heterocycles. The molecule has 2 aromatic rings. The molecule has 0 amide bonds. The third-order valence-electron chi connectivity index (χ3n) is 2.90. The SMILES string of the molecule is COc1ccc2ccc(C)c(CC(=O)O)c2c1. The Morgan fingerprint density at radius 2 is 2.00 bits per heavy atom. The number of fused-ring (bicyclic) bond motifs is 1. The molecule has 0 spiro atoms. The molecule has 3 heteroatoms. The van der Waals surface area contributed by atoms with Crippen LogP contribution in [0.3, 0.4) is 0 Å². The highest BCUT2D eigenvalue weighted by atomic mass is 16.5. The van der Waals surface area contributed by atoms with Crippen LogP contribution in [-0.2, 0) is 11.2 Å². The van der Waals surface area contributed by atoms with Gasteiger partial charge < -0.3 is 9.84 Å². The summed E-state index contributed by atoms with van der Waals surface area (Å²) in [4.78, 5) is 10.9. The third kappa shape index (κ3) is 2.23. The molecule has 0 saturated heterocycles.